The molecule has 0 aliphatic rings. The van der Waals surface area contributed by atoms with Gasteiger partial charge in [-0.05, 0) is 24.3 Å². The lowest BCUT2D eigenvalue weighted by Crippen LogP contribution is -2.35. The van der Waals surface area contributed by atoms with E-state index in [0.29, 0.717) is 0 Å². The van der Waals surface area contributed by atoms with Crippen LogP contribution in [0, 0.1) is 0 Å². The highest BCUT2D eigenvalue weighted by atomic mass is 16.4. The molecule has 92 valence electrons. The average molecular weight is 246 g/mol. The van der Waals surface area contributed by atoms with Crippen molar-refractivity contribution in [3.05, 3.63) is 54.0 Å². The minimum atomic E-state index is -1.52. The van der Waals surface area contributed by atoms with Gasteiger partial charge in [0.05, 0.1) is 24.2 Å². The molecule has 0 atom stereocenters. The smallest absolute Gasteiger partial charge is 0.291 e. The summed E-state index contributed by atoms with van der Waals surface area (Å²) in [4.78, 5) is 22.4. The van der Waals surface area contributed by atoms with Crippen molar-refractivity contribution >= 4 is 18.0 Å². The summed E-state index contributed by atoms with van der Waals surface area (Å²) >= 11 is 0. The predicted molar refractivity (Wildman–Crippen MR) is 57.9 cm³/mol. The van der Waals surface area contributed by atoms with Gasteiger partial charge in [-0.25, -0.2) is 0 Å². The molecule has 6 nitrogen and oxygen atoms in total. The molecule has 2 aromatic rings. The maximum absolute atomic E-state index is 11.6. The first-order chi connectivity index (χ1) is 8.66. The van der Waals surface area contributed by atoms with Crippen molar-refractivity contribution < 1.29 is 23.5 Å². The summed E-state index contributed by atoms with van der Waals surface area (Å²) in [5, 5.41) is 13.0. The molecule has 0 bridgehead atoms. The third-order valence-corrected chi connectivity index (χ3v) is 2.04. The minimum absolute atomic E-state index is 0.00148. The fourth-order valence-electron chi connectivity index (χ4n) is 1.25. The van der Waals surface area contributed by atoms with E-state index < -0.39 is 17.6 Å². The zero-order chi connectivity index (χ0) is 13.0. The van der Waals surface area contributed by atoms with E-state index in [0.717, 1.165) is 6.08 Å². The average Bonchev–Trinajstić information content (AvgIpc) is 3.00. The number of aliphatic carboxylic acids is 1. The second-order valence-electron chi connectivity index (χ2n) is 3.29. The van der Waals surface area contributed by atoms with Gasteiger partial charge in [-0.15, -0.1) is 0 Å². The largest absolute Gasteiger partial charge is 0.543 e. The normalized spacial score (nSPS) is 11.2. The maximum atomic E-state index is 11.6. The molecule has 0 radical (unpaired) electrons. The van der Waals surface area contributed by atoms with Gasteiger partial charge in [-0.2, -0.15) is 0 Å². The van der Waals surface area contributed by atoms with Crippen LogP contribution in [0.4, 0.5) is 0 Å². The Morgan fingerprint density at radius 1 is 1.17 bits per heavy atom. The number of carbonyl (C=O) groups is 2. The van der Waals surface area contributed by atoms with Crippen LogP contribution in [0.5, 0.6) is 0 Å². The summed E-state index contributed by atoms with van der Waals surface area (Å²) in [6.07, 6.45) is 3.84. The molecule has 2 heterocycles. The van der Waals surface area contributed by atoms with Crippen LogP contribution in [0.25, 0.3) is 6.08 Å². The monoisotopic (exact) mass is 246 g/mol. The lowest BCUT2D eigenvalue weighted by molar-refractivity contribution is -0.299. The molecular formula is C12H8NO5-. The first-order valence-corrected chi connectivity index (χ1v) is 4.98. The van der Waals surface area contributed by atoms with Crippen LogP contribution < -0.4 is 10.4 Å². The van der Waals surface area contributed by atoms with E-state index in [1.54, 1.807) is 12.1 Å². The maximum Gasteiger partial charge on any atom is 0.291 e. The molecule has 2 aromatic heterocycles. The van der Waals surface area contributed by atoms with Gasteiger partial charge in [0.1, 0.15) is 5.76 Å². The van der Waals surface area contributed by atoms with Crippen molar-refractivity contribution in [1.82, 2.24) is 5.32 Å². The third-order valence-electron chi connectivity index (χ3n) is 2.04. The van der Waals surface area contributed by atoms with Gasteiger partial charge >= 0.3 is 0 Å². The first kappa shape index (κ1) is 11.7. The molecule has 0 unspecified atom stereocenters. The highest BCUT2D eigenvalue weighted by Gasteiger charge is 2.11. The van der Waals surface area contributed by atoms with E-state index in [2.05, 4.69) is 5.32 Å². The molecule has 1 amide bonds. The van der Waals surface area contributed by atoms with E-state index in [1.807, 2.05) is 0 Å². The Labute approximate surface area is 102 Å². The number of carboxylic acids is 1. The van der Waals surface area contributed by atoms with Crippen molar-refractivity contribution in [3.63, 3.8) is 0 Å². The Bertz CT molecular complexity index is 566. The van der Waals surface area contributed by atoms with Crippen molar-refractivity contribution in [2.45, 2.75) is 0 Å². The second-order valence-corrected chi connectivity index (χ2v) is 3.29. The van der Waals surface area contributed by atoms with Crippen molar-refractivity contribution in [2.24, 2.45) is 0 Å². The van der Waals surface area contributed by atoms with Gasteiger partial charge in [0.2, 0.25) is 0 Å². The highest BCUT2D eigenvalue weighted by Crippen LogP contribution is 2.07. The van der Waals surface area contributed by atoms with Crippen LogP contribution in [0.15, 0.2) is 51.3 Å². The second kappa shape index (κ2) is 5.05. The Morgan fingerprint density at radius 3 is 2.44 bits per heavy atom. The molecule has 0 aliphatic heterocycles. The van der Waals surface area contributed by atoms with Crippen molar-refractivity contribution in [3.8, 4) is 0 Å². The van der Waals surface area contributed by atoms with E-state index in [9.17, 15) is 14.7 Å². The molecule has 2 rings (SSSR count). The van der Waals surface area contributed by atoms with Gasteiger partial charge < -0.3 is 24.1 Å². The Hall–Kier alpha value is -2.76. The zero-order valence-electron chi connectivity index (χ0n) is 9.08. The Balaban J connectivity index is 2.17. The third kappa shape index (κ3) is 2.67. The molecule has 18 heavy (non-hydrogen) atoms. The highest BCUT2D eigenvalue weighted by molar-refractivity contribution is 6.00. The lowest BCUT2D eigenvalue weighted by Gasteiger charge is -2.08. The summed E-state index contributed by atoms with van der Waals surface area (Å²) in [5.41, 5.74) is -0.411. The molecule has 1 N–H and O–H groups in total. The van der Waals surface area contributed by atoms with Gasteiger partial charge in [0.15, 0.2) is 5.76 Å². The van der Waals surface area contributed by atoms with Gasteiger partial charge in [-0.3, -0.25) is 4.79 Å². The van der Waals surface area contributed by atoms with Gasteiger partial charge in [0, 0.05) is 6.08 Å². The molecule has 0 aromatic carbocycles. The van der Waals surface area contributed by atoms with Crippen molar-refractivity contribution in [1.29, 1.82) is 0 Å². The molecule has 0 saturated carbocycles. The topological polar surface area (TPSA) is 95.5 Å². The standard InChI is InChI=1S/C12H9NO5/c14-11(10-4-2-6-18-10)13-9(12(15)16)7-8-3-1-5-17-8/h1-7H,(H,13,14)(H,15,16)/p-1/b9-7+. The summed E-state index contributed by atoms with van der Waals surface area (Å²) in [7, 11) is 0. The fraction of sp³-hybridized carbons (Fsp3) is 0. The molecular weight excluding hydrogens is 238 g/mol. The lowest BCUT2D eigenvalue weighted by atomic mass is 10.3. The fourth-order valence-corrected chi connectivity index (χ4v) is 1.25. The van der Waals surface area contributed by atoms with Crippen LogP contribution in [-0.2, 0) is 4.79 Å². The molecule has 0 fully saturated rings. The van der Waals surface area contributed by atoms with Crippen LogP contribution >= 0.6 is 0 Å². The molecule has 0 spiro atoms. The number of carboxylic acid groups (broad SMARTS) is 1. The molecule has 0 saturated heterocycles. The van der Waals surface area contributed by atoms with Crippen LogP contribution in [0.1, 0.15) is 16.3 Å². The van der Waals surface area contributed by atoms with Crippen LogP contribution in [0.2, 0.25) is 0 Å². The minimum Gasteiger partial charge on any atom is -0.543 e. The van der Waals surface area contributed by atoms with E-state index >= 15 is 0 Å². The molecule has 6 heteroatoms. The number of amides is 1. The summed E-state index contributed by atoms with van der Waals surface area (Å²) in [5.74, 6) is -1.91. The quantitative estimate of drug-likeness (QED) is 0.787. The summed E-state index contributed by atoms with van der Waals surface area (Å²) in [6.45, 7) is 0. The number of nitrogens with one attached hydrogen (secondary N) is 1. The summed E-state index contributed by atoms with van der Waals surface area (Å²) < 4.78 is 9.78. The van der Waals surface area contributed by atoms with Crippen LogP contribution in [0.3, 0.4) is 0 Å². The van der Waals surface area contributed by atoms with Gasteiger partial charge in [0.25, 0.3) is 5.91 Å². The molecule has 0 aliphatic carbocycles. The number of carbonyl (C=O) groups excluding carboxylic acids is 2. The van der Waals surface area contributed by atoms with E-state index in [1.165, 1.54) is 24.7 Å². The zero-order valence-corrected chi connectivity index (χ0v) is 9.08. The van der Waals surface area contributed by atoms with Crippen molar-refractivity contribution in [2.75, 3.05) is 0 Å². The number of rotatable bonds is 4. The number of hydrogen-bond acceptors (Lipinski definition) is 5. The predicted octanol–water partition coefficient (Wildman–Crippen LogP) is 0.393. The van der Waals surface area contributed by atoms with Gasteiger partial charge in [-0.1, -0.05) is 0 Å². The summed E-state index contributed by atoms with van der Waals surface area (Å²) in [6, 6.07) is 6.06. The van der Waals surface area contributed by atoms with Crippen LogP contribution in [-0.4, -0.2) is 11.9 Å². The number of hydrogen-bond donors (Lipinski definition) is 1. The number of furan rings is 2. The Morgan fingerprint density at radius 2 is 1.89 bits per heavy atom. The van der Waals surface area contributed by atoms with E-state index in [-0.39, 0.29) is 11.5 Å². The SMILES string of the molecule is O=C([O-])/C(=C\c1ccco1)NC(=O)c1ccco1. The van der Waals surface area contributed by atoms with E-state index in [4.69, 9.17) is 8.83 Å². The Kier molecular flexibility index (Phi) is 3.29. The first-order valence-electron chi connectivity index (χ1n) is 4.98.